The van der Waals surface area contributed by atoms with Gasteiger partial charge in [0.15, 0.2) is 0 Å². The summed E-state index contributed by atoms with van der Waals surface area (Å²) in [6.07, 6.45) is 0. The third-order valence-corrected chi connectivity index (χ3v) is 4.13. The highest BCUT2D eigenvalue weighted by molar-refractivity contribution is 7.89. The summed E-state index contributed by atoms with van der Waals surface area (Å²) < 4.78 is 36.5. The molecule has 0 aliphatic carbocycles. The molecule has 1 amide bonds. The molecule has 0 radical (unpaired) electrons. The second-order valence-electron chi connectivity index (χ2n) is 3.99. The number of carbonyl (C=O) groups excluding carboxylic acids is 1. The van der Waals surface area contributed by atoms with E-state index in [1.165, 1.54) is 12.1 Å². The minimum atomic E-state index is -3.98. The minimum absolute atomic E-state index is 0.126. The van der Waals surface area contributed by atoms with Crippen molar-refractivity contribution in [3.8, 4) is 0 Å². The van der Waals surface area contributed by atoms with Crippen molar-refractivity contribution in [2.75, 3.05) is 0 Å². The summed E-state index contributed by atoms with van der Waals surface area (Å²) in [7, 11) is -3.98. The van der Waals surface area contributed by atoms with Gasteiger partial charge >= 0.3 is 0 Å². The van der Waals surface area contributed by atoms with Crippen LogP contribution in [0.15, 0.2) is 53.4 Å². The molecule has 0 unspecified atom stereocenters. The molecule has 2 N–H and O–H groups in total. The summed E-state index contributed by atoms with van der Waals surface area (Å²) >= 11 is 5.82. The number of hydrogen-bond donors (Lipinski definition) is 2. The van der Waals surface area contributed by atoms with Gasteiger partial charge in [0.05, 0.1) is 15.5 Å². The average Bonchev–Trinajstić information content (AvgIpc) is 2.46. The van der Waals surface area contributed by atoms with Gasteiger partial charge in [-0.25, -0.2) is 12.8 Å². The Morgan fingerprint density at radius 2 is 1.67 bits per heavy atom. The van der Waals surface area contributed by atoms with Gasteiger partial charge in [0.1, 0.15) is 5.82 Å². The van der Waals surface area contributed by atoms with Crippen LogP contribution < -0.4 is 10.3 Å². The number of hydrogen-bond acceptors (Lipinski definition) is 3. The van der Waals surface area contributed by atoms with E-state index in [0.717, 1.165) is 24.3 Å². The van der Waals surface area contributed by atoms with Gasteiger partial charge in [-0.2, -0.15) is 0 Å². The van der Waals surface area contributed by atoms with E-state index in [2.05, 4.69) is 0 Å². The Labute approximate surface area is 125 Å². The molecule has 0 aliphatic heterocycles. The Morgan fingerprint density at radius 3 is 2.29 bits per heavy atom. The van der Waals surface area contributed by atoms with Crippen molar-refractivity contribution >= 4 is 27.5 Å². The first-order valence-electron chi connectivity index (χ1n) is 5.72. The lowest BCUT2D eigenvalue weighted by Crippen LogP contribution is -2.41. The lowest BCUT2D eigenvalue weighted by Gasteiger charge is -2.09. The standard InChI is InChI=1S/C13H10ClFN2O3S/c14-12-4-2-1-3-11(12)13(18)16-17-21(19,20)10-7-5-9(15)6-8-10/h1-8,17H,(H,16,18). The van der Waals surface area contributed by atoms with E-state index in [1.807, 2.05) is 10.3 Å². The van der Waals surface area contributed by atoms with Crippen LogP contribution in [0.4, 0.5) is 4.39 Å². The first-order valence-corrected chi connectivity index (χ1v) is 7.58. The fourth-order valence-electron chi connectivity index (χ4n) is 1.50. The first-order chi connectivity index (χ1) is 9.90. The monoisotopic (exact) mass is 328 g/mol. The number of amides is 1. The largest absolute Gasteiger partial charge is 0.273 e. The topological polar surface area (TPSA) is 75.3 Å². The number of halogens is 2. The summed E-state index contributed by atoms with van der Waals surface area (Å²) in [6, 6.07) is 10.4. The Kier molecular flexibility index (Phi) is 4.56. The van der Waals surface area contributed by atoms with E-state index < -0.39 is 21.7 Å². The van der Waals surface area contributed by atoms with Crippen LogP contribution in [0.2, 0.25) is 5.02 Å². The second kappa shape index (κ2) is 6.21. The number of rotatable bonds is 4. The highest BCUT2D eigenvalue weighted by Crippen LogP contribution is 2.14. The Balaban J connectivity index is 2.10. The van der Waals surface area contributed by atoms with Crippen LogP contribution in [-0.4, -0.2) is 14.3 Å². The Morgan fingerprint density at radius 1 is 1.05 bits per heavy atom. The molecule has 2 aromatic rings. The number of benzene rings is 2. The molecule has 5 nitrogen and oxygen atoms in total. The molecule has 0 aromatic heterocycles. The molecular formula is C13H10ClFN2O3S. The van der Waals surface area contributed by atoms with Crippen LogP contribution >= 0.6 is 11.6 Å². The quantitative estimate of drug-likeness (QED) is 0.844. The van der Waals surface area contributed by atoms with Crippen molar-refractivity contribution in [1.29, 1.82) is 0 Å². The molecule has 0 saturated heterocycles. The van der Waals surface area contributed by atoms with Gasteiger partial charge < -0.3 is 0 Å². The van der Waals surface area contributed by atoms with Crippen LogP contribution in [0.25, 0.3) is 0 Å². The highest BCUT2D eigenvalue weighted by Gasteiger charge is 2.16. The SMILES string of the molecule is O=C(NNS(=O)(=O)c1ccc(F)cc1)c1ccccc1Cl. The van der Waals surface area contributed by atoms with Gasteiger partial charge in [0.25, 0.3) is 15.9 Å². The smallest absolute Gasteiger partial charge is 0.267 e. The second-order valence-corrected chi connectivity index (χ2v) is 6.08. The molecule has 0 saturated carbocycles. The Bertz CT molecular complexity index is 763. The maximum Gasteiger partial charge on any atom is 0.267 e. The van der Waals surface area contributed by atoms with E-state index in [0.29, 0.717) is 0 Å². The van der Waals surface area contributed by atoms with Crippen LogP contribution in [0.1, 0.15) is 10.4 Å². The van der Waals surface area contributed by atoms with Gasteiger partial charge in [0, 0.05) is 0 Å². The van der Waals surface area contributed by atoms with Gasteiger partial charge in [0.2, 0.25) is 0 Å². The fraction of sp³-hybridized carbons (Fsp3) is 0. The number of carbonyl (C=O) groups is 1. The maximum atomic E-state index is 12.8. The molecule has 0 fully saturated rings. The molecule has 0 aliphatic rings. The van der Waals surface area contributed by atoms with Crippen molar-refractivity contribution in [2.45, 2.75) is 4.90 Å². The predicted molar refractivity (Wildman–Crippen MR) is 75.6 cm³/mol. The van der Waals surface area contributed by atoms with Gasteiger partial charge in [-0.05, 0) is 36.4 Å². The van der Waals surface area contributed by atoms with Crippen molar-refractivity contribution in [1.82, 2.24) is 10.3 Å². The molecule has 8 heteroatoms. The molecule has 0 spiro atoms. The third-order valence-electron chi connectivity index (χ3n) is 2.54. The fourth-order valence-corrected chi connectivity index (χ4v) is 2.56. The predicted octanol–water partition coefficient (Wildman–Crippen LogP) is 2.10. The van der Waals surface area contributed by atoms with Crippen molar-refractivity contribution in [2.24, 2.45) is 0 Å². The molecule has 0 heterocycles. The van der Waals surface area contributed by atoms with E-state index in [9.17, 15) is 17.6 Å². The van der Waals surface area contributed by atoms with Gasteiger partial charge in [-0.1, -0.05) is 23.7 Å². The van der Waals surface area contributed by atoms with Crippen LogP contribution in [0.3, 0.4) is 0 Å². The normalized spacial score (nSPS) is 11.1. The number of nitrogens with one attached hydrogen (secondary N) is 2. The highest BCUT2D eigenvalue weighted by atomic mass is 35.5. The number of hydrazine groups is 1. The van der Waals surface area contributed by atoms with E-state index in [-0.39, 0.29) is 15.5 Å². The lowest BCUT2D eigenvalue weighted by molar-refractivity contribution is 0.0945. The molecule has 2 aromatic carbocycles. The lowest BCUT2D eigenvalue weighted by atomic mass is 10.2. The van der Waals surface area contributed by atoms with Gasteiger partial charge in [-0.15, -0.1) is 4.83 Å². The summed E-state index contributed by atoms with van der Waals surface area (Å²) in [5.41, 5.74) is 2.16. The maximum absolute atomic E-state index is 12.8. The molecule has 110 valence electrons. The Hall–Kier alpha value is -1.96. The summed E-state index contributed by atoms with van der Waals surface area (Å²) in [5.74, 6) is -1.26. The van der Waals surface area contributed by atoms with Crippen molar-refractivity contribution in [3.05, 3.63) is 64.9 Å². The summed E-state index contributed by atoms with van der Waals surface area (Å²) in [4.78, 5) is 13.5. The molecule has 0 atom stereocenters. The number of sulfonamides is 1. The van der Waals surface area contributed by atoms with Gasteiger partial charge in [-0.3, -0.25) is 10.2 Å². The average molecular weight is 329 g/mol. The van der Waals surface area contributed by atoms with E-state index in [1.54, 1.807) is 12.1 Å². The van der Waals surface area contributed by atoms with Crippen LogP contribution in [0.5, 0.6) is 0 Å². The molecule has 0 bridgehead atoms. The van der Waals surface area contributed by atoms with Crippen molar-refractivity contribution in [3.63, 3.8) is 0 Å². The van der Waals surface area contributed by atoms with E-state index in [4.69, 9.17) is 11.6 Å². The zero-order chi connectivity index (χ0) is 15.5. The molecule has 21 heavy (non-hydrogen) atoms. The van der Waals surface area contributed by atoms with Crippen LogP contribution in [-0.2, 0) is 10.0 Å². The van der Waals surface area contributed by atoms with E-state index >= 15 is 0 Å². The third kappa shape index (κ3) is 3.78. The molecule has 2 rings (SSSR count). The van der Waals surface area contributed by atoms with Crippen LogP contribution in [0, 0.1) is 5.82 Å². The van der Waals surface area contributed by atoms with Crippen molar-refractivity contribution < 1.29 is 17.6 Å². The molecular weight excluding hydrogens is 319 g/mol. The summed E-state index contributed by atoms with van der Waals surface area (Å²) in [6.45, 7) is 0. The summed E-state index contributed by atoms with van der Waals surface area (Å²) in [5, 5.41) is 0.191. The minimum Gasteiger partial charge on any atom is -0.273 e. The first kappa shape index (κ1) is 15.4. The zero-order valence-corrected chi connectivity index (χ0v) is 12.1. The zero-order valence-electron chi connectivity index (χ0n) is 10.5.